The molecule has 1 amide bonds. The Morgan fingerprint density at radius 1 is 1.20 bits per heavy atom. The summed E-state index contributed by atoms with van der Waals surface area (Å²) in [5.41, 5.74) is -1.05. The number of benzene rings is 1. The Morgan fingerprint density at radius 2 is 1.85 bits per heavy atom. The van der Waals surface area contributed by atoms with Crippen LogP contribution in [0.1, 0.15) is 15.9 Å². The van der Waals surface area contributed by atoms with E-state index in [2.05, 4.69) is 31.2 Å². The third-order valence-corrected chi connectivity index (χ3v) is 3.02. The normalized spacial score (nSPS) is 11.2. The molecule has 0 bridgehead atoms. The topological polar surface area (TPSA) is 54.9 Å². The predicted octanol–water partition coefficient (Wildman–Crippen LogP) is 3.51. The number of carbonyl (C=O) groups excluding carboxylic acids is 1. The first-order chi connectivity index (χ1) is 9.38. The summed E-state index contributed by atoms with van der Waals surface area (Å²) in [4.78, 5) is 19.3. The highest BCUT2D eigenvalue weighted by Gasteiger charge is 2.33. The van der Waals surface area contributed by atoms with Crippen LogP contribution in [0.25, 0.3) is 0 Å². The number of carbonyl (C=O) groups is 1. The van der Waals surface area contributed by atoms with Crippen LogP contribution in [-0.2, 0) is 6.18 Å². The molecule has 0 unspecified atom stereocenters. The Balaban J connectivity index is 2.27. The first kappa shape index (κ1) is 14.4. The molecule has 2 aromatic rings. The molecule has 104 valence electrons. The number of hydrogen-bond donors (Lipinski definition) is 1. The van der Waals surface area contributed by atoms with E-state index in [1.54, 1.807) is 6.07 Å². The monoisotopic (exact) mass is 345 g/mol. The summed E-state index contributed by atoms with van der Waals surface area (Å²) in [5, 5.41) is 2.31. The van der Waals surface area contributed by atoms with Crippen molar-refractivity contribution in [2.75, 3.05) is 5.32 Å². The minimum absolute atomic E-state index is 0.0222. The van der Waals surface area contributed by atoms with E-state index < -0.39 is 17.6 Å². The van der Waals surface area contributed by atoms with E-state index in [0.717, 1.165) is 6.07 Å². The van der Waals surface area contributed by atoms with Gasteiger partial charge < -0.3 is 0 Å². The summed E-state index contributed by atoms with van der Waals surface area (Å²) in [6.07, 6.45) is -1.73. The smallest absolute Gasteiger partial charge is 0.290 e. The molecule has 0 fully saturated rings. The van der Waals surface area contributed by atoms with Gasteiger partial charge in [-0.1, -0.05) is 15.9 Å². The lowest BCUT2D eigenvalue weighted by Gasteiger charge is -2.10. The predicted molar refractivity (Wildman–Crippen MR) is 69.1 cm³/mol. The van der Waals surface area contributed by atoms with Gasteiger partial charge in [0.15, 0.2) is 0 Å². The molecule has 0 aliphatic heterocycles. The van der Waals surface area contributed by atoms with E-state index in [4.69, 9.17) is 0 Å². The number of hydrogen-bond acceptors (Lipinski definition) is 3. The largest absolute Gasteiger partial charge is 0.417 e. The molecule has 0 saturated heterocycles. The van der Waals surface area contributed by atoms with Crippen LogP contribution in [0.3, 0.4) is 0 Å². The van der Waals surface area contributed by atoms with Crippen LogP contribution in [0, 0.1) is 0 Å². The van der Waals surface area contributed by atoms with Gasteiger partial charge in [0.05, 0.1) is 5.56 Å². The van der Waals surface area contributed by atoms with Gasteiger partial charge in [0.25, 0.3) is 5.91 Å². The van der Waals surface area contributed by atoms with Crippen LogP contribution in [-0.4, -0.2) is 15.9 Å². The van der Waals surface area contributed by atoms with Crippen LogP contribution in [0.4, 0.5) is 19.1 Å². The Bertz CT molecular complexity index is 632. The average Bonchev–Trinajstić information content (AvgIpc) is 2.39. The summed E-state index contributed by atoms with van der Waals surface area (Å²) in [6.45, 7) is 0. The number of anilines is 1. The summed E-state index contributed by atoms with van der Waals surface area (Å²) in [5.74, 6) is -0.692. The summed E-state index contributed by atoms with van der Waals surface area (Å²) in [7, 11) is 0. The van der Waals surface area contributed by atoms with E-state index in [1.165, 1.54) is 24.5 Å². The summed E-state index contributed by atoms with van der Waals surface area (Å²) < 4.78 is 38.1. The van der Waals surface area contributed by atoms with Crippen molar-refractivity contribution in [2.45, 2.75) is 6.18 Å². The van der Waals surface area contributed by atoms with Crippen molar-refractivity contribution in [1.82, 2.24) is 9.97 Å². The van der Waals surface area contributed by atoms with Gasteiger partial charge in [-0.3, -0.25) is 10.1 Å². The van der Waals surface area contributed by atoms with E-state index in [0.29, 0.717) is 0 Å². The molecule has 0 aliphatic carbocycles. The molecule has 1 aromatic carbocycles. The maximum absolute atomic E-state index is 12.7. The highest BCUT2D eigenvalue weighted by Crippen LogP contribution is 2.35. The minimum Gasteiger partial charge on any atom is -0.290 e. The quantitative estimate of drug-likeness (QED) is 0.906. The maximum Gasteiger partial charge on any atom is 0.417 e. The van der Waals surface area contributed by atoms with Gasteiger partial charge in [-0.15, -0.1) is 0 Å². The molecular formula is C12H7BrF3N3O. The molecule has 0 aliphatic rings. The van der Waals surface area contributed by atoms with Gasteiger partial charge in [0, 0.05) is 22.4 Å². The van der Waals surface area contributed by atoms with E-state index in [1.807, 2.05) is 0 Å². The third kappa shape index (κ3) is 3.32. The fraction of sp³-hybridized carbons (Fsp3) is 0.0833. The third-order valence-electron chi connectivity index (χ3n) is 2.33. The molecule has 8 heteroatoms. The van der Waals surface area contributed by atoms with Crippen LogP contribution in [0.15, 0.2) is 41.1 Å². The molecule has 0 spiro atoms. The van der Waals surface area contributed by atoms with Crippen LogP contribution in [0.2, 0.25) is 0 Å². The molecule has 1 N–H and O–H groups in total. The average molecular weight is 346 g/mol. The van der Waals surface area contributed by atoms with Gasteiger partial charge in [-0.25, -0.2) is 9.97 Å². The number of alkyl halides is 3. The molecule has 0 radical (unpaired) electrons. The van der Waals surface area contributed by atoms with Gasteiger partial charge in [-0.05, 0) is 24.3 Å². The molecule has 4 nitrogen and oxygen atoms in total. The second-order valence-electron chi connectivity index (χ2n) is 3.72. The number of nitrogens with one attached hydrogen (secondary N) is 1. The highest BCUT2D eigenvalue weighted by atomic mass is 79.9. The van der Waals surface area contributed by atoms with Gasteiger partial charge in [-0.2, -0.15) is 13.2 Å². The zero-order valence-electron chi connectivity index (χ0n) is 9.78. The first-order valence-electron chi connectivity index (χ1n) is 5.33. The molecule has 2 rings (SSSR count). The second-order valence-corrected chi connectivity index (χ2v) is 4.57. The van der Waals surface area contributed by atoms with Gasteiger partial charge >= 0.3 is 6.18 Å². The Kier molecular flexibility index (Phi) is 4.03. The molecule has 20 heavy (non-hydrogen) atoms. The zero-order chi connectivity index (χ0) is 14.8. The Labute approximate surface area is 120 Å². The summed E-state index contributed by atoms with van der Waals surface area (Å²) >= 11 is 2.81. The van der Waals surface area contributed by atoms with Gasteiger partial charge in [0.2, 0.25) is 5.95 Å². The van der Waals surface area contributed by atoms with E-state index in [-0.39, 0.29) is 16.0 Å². The van der Waals surface area contributed by atoms with Crippen molar-refractivity contribution in [3.63, 3.8) is 0 Å². The number of nitrogens with zero attached hydrogens (tertiary/aromatic N) is 2. The van der Waals surface area contributed by atoms with Crippen molar-refractivity contribution in [3.05, 3.63) is 52.3 Å². The fourth-order valence-corrected chi connectivity index (χ4v) is 1.89. The lowest BCUT2D eigenvalue weighted by atomic mass is 10.1. The Morgan fingerprint density at radius 3 is 2.45 bits per heavy atom. The van der Waals surface area contributed by atoms with Crippen LogP contribution in [0.5, 0.6) is 0 Å². The van der Waals surface area contributed by atoms with Crippen molar-refractivity contribution < 1.29 is 18.0 Å². The fourth-order valence-electron chi connectivity index (χ4n) is 1.42. The number of halogens is 4. The zero-order valence-corrected chi connectivity index (χ0v) is 11.4. The lowest BCUT2D eigenvalue weighted by molar-refractivity contribution is -0.138. The maximum atomic E-state index is 12.7. The lowest BCUT2D eigenvalue weighted by Crippen LogP contribution is -2.15. The molecule has 1 aromatic heterocycles. The van der Waals surface area contributed by atoms with Crippen molar-refractivity contribution in [3.8, 4) is 0 Å². The van der Waals surface area contributed by atoms with Crippen LogP contribution < -0.4 is 5.32 Å². The first-order valence-corrected chi connectivity index (χ1v) is 6.12. The standard InChI is InChI=1S/C12H7BrF3N3O/c13-9-3-2-7(6-8(9)12(14,15)16)10(20)19-11-17-4-1-5-18-11/h1-6H,(H,17,18,19,20). The summed E-state index contributed by atoms with van der Waals surface area (Å²) in [6, 6.07) is 4.76. The number of rotatable bonds is 2. The highest BCUT2D eigenvalue weighted by molar-refractivity contribution is 9.10. The molecular weight excluding hydrogens is 339 g/mol. The van der Waals surface area contributed by atoms with Crippen molar-refractivity contribution in [1.29, 1.82) is 0 Å². The molecule has 0 atom stereocenters. The van der Waals surface area contributed by atoms with Crippen molar-refractivity contribution >= 4 is 27.8 Å². The second kappa shape index (κ2) is 5.58. The van der Waals surface area contributed by atoms with Crippen molar-refractivity contribution in [2.24, 2.45) is 0 Å². The van der Waals surface area contributed by atoms with E-state index >= 15 is 0 Å². The SMILES string of the molecule is O=C(Nc1ncccn1)c1ccc(Br)c(C(F)(F)F)c1. The Hall–Kier alpha value is -1.96. The minimum atomic E-state index is -4.54. The van der Waals surface area contributed by atoms with E-state index in [9.17, 15) is 18.0 Å². The molecule has 1 heterocycles. The molecule has 0 saturated carbocycles. The van der Waals surface area contributed by atoms with Crippen LogP contribution >= 0.6 is 15.9 Å². The number of aromatic nitrogens is 2. The number of amides is 1. The van der Waals surface area contributed by atoms with Gasteiger partial charge in [0.1, 0.15) is 0 Å².